The quantitative estimate of drug-likeness (QED) is 0.829. The van der Waals surface area contributed by atoms with E-state index in [-0.39, 0.29) is 12.5 Å². The van der Waals surface area contributed by atoms with Gasteiger partial charge in [-0.15, -0.1) is 0 Å². The van der Waals surface area contributed by atoms with E-state index in [2.05, 4.69) is 15.7 Å². The van der Waals surface area contributed by atoms with Crippen LogP contribution in [0.25, 0.3) is 0 Å². The summed E-state index contributed by atoms with van der Waals surface area (Å²) in [5, 5.41) is 9.92. The highest BCUT2D eigenvalue weighted by molar-refractivity contribution is 5.81. The van der Waals surface area contributed by atoms with E-state index in [4.69, 9.17) is 4.74 Å². The second kappa shape index (κ2) is 6.60. The molecule has 1 heterocycles. The molecule has 1 aromatic heterocycles. The number of nitrogens with zero attached hydrogens (tertiary/aromatic N) is 2. The smallest absolute Gasteiger partial charge is 0.239 e. The number of carbonyl (C=O) groups excluding carboxylic acids is 1. The van der Waals surface area contributed by atoms with Gasteiger partial charge in [-0.2, -0.15) is 5.10 Å². The van der Waals surface area contributed by atoms with Gasteiger partial charge in [-0.25, -0.2) is 0 Å². The number of ether oxygens (including phenoxy) is 1. The Morgan fingerprint density at radius 2 is 2.20 bits per heavy atom. The molecule has 2 N–H and O–H groups in total. The van der Waals surface area contributed by atoms with Crippen LogP contribution in [0.15, 0.2) is 36.7 Å². The highest BCUT2D eigenvalue weighted by Crippen LogP contribution is 2.22. The SMILES string of the molecule is COc1ccccc1NCC(=O)NCc1cnn(C)c1. The van der Waals surface area contributed by atoms with Crippen LogP contribution in [0.5, 0.6) is 5.75 Å². The molecule has 0 atom stereocenters. The number of carbonyl (C=O) groups is 1. The summed E-state index contributed by atoms with van der Waals surface area (Å²) in [6.07, 6.45) is 3.60. The van der Waals surface area contributed by atoms with Crippen LogP contribution in [0.2, 0.25) is 0 Å². The number of hydrogen-bond acceptors (Lipinski definition) is 4. The van der Waals surface area contributed by atoms with Crippen LogP contribution in [0.4, 0.5) is 5.69 Å². The molecular formula is C14H18N4O2. The molecule has 106 valence electrons. The van der Waals surface area contributed by atoms with Crippen LogP contribution in [0.1, 0.15) is 5.56 Å². The van der Waals surface area contributed by atoms with Crippen LogP contribution in [0.3, 0.4) is 0 Å². The lowest BCUT2D eigenvalue weighted by Gasteiger charge is -2.10. The van der Waals surface area contributed by atoms with Crippen molar-refractivity contribution >= 4 is 11.6 Å². The predicted octanol–water partition coefficient (Wildman–Crippen LogP) is 1.16. The maximum Gasteiger partial charge on any atom is 0.239 e. The van der Waals surface area contributed by atoms with Gasteiger partial charge in [0.05, 0.1) is 25.5 Å². The predicted molar refractivity (Wildman–Crippen MR) is 76.5 cm³/mol. The topological polar surface area (TPSA) is 68.2 Å². The molecular weight excluding hydrogens is 256 g/mol. The average molecular weight is 274 g/mol. The van der Waals surface area contributed by atoms with E-state index in [9.17, 15) is 4.79 Å². The molecule has 0 spiro atoms. The van der Waals surface area contributed by atoms with E-state index >= 15 is 0 Å². The highest BCUT2D eigenvalue weighted by atomic mass is 16.5. The molecule has 0 aliphatic heterocycles. The Morgan fingerprint density at radius 1 is 1.40 bits per heavy atom. The van der Waals surface area contributed by atoms with Gasteiger partial charge in [-0.1, -0.05) is 12.1 Å². The number of para-hydroxylation sites is 2. The largest absolute Gasteiger partial charge is 0.495 e. The lowest BCUT2D eigenvalue weighted by Crippen LogP contribution is -2.29. The molecule has 0 radical (unpaired) electrons. The maximum absolute atomic E-state index is 11.8. The number of methoxy groups -OCH3 is 1. The first-order valence-electron chi connectivity index (χ1n) is 6.30. The molecule has 0 aliphatic rings. The zero-order chi connectivity index (χ0) is 14.4. The van der Waals surface area contributed by atoms with Gasteiger partial charge in [0.15, 0.2) is 0 Å². The van der Waals surface area contributed by atoms with Crippen molar-refractivity contribution in [2.75, 3.05) is 19.0 Å². The molecule has 1 amide bonds. The fourth-order valence-corrected chi connectivity index (χ4v) is 1.79. The Kier molecular flexibility index (Phi) is 4.60. The van der Waals surface area contributed by atoms with Crippen molar-refractivity contribution < 1.29 is 9.53 Å². The molecule has 0 saturated carbocycles. The molecule has 0 unspecified atom stereocenters. The molecule has 0 saturated heterocycles. The third-order valence-corrected chi connectivity index (χ3v) is 2.79. The number of hydrogen-bond donors (Lipinski definition) is 2. The van der Waals surface area contributed by atoms with Crippen molar-refractivity contribution in [1.29, 1.82) is 0 Å². The third kappa shape index (κ3) is 3.74. The van der Waals surface area contributed by atoms with E-state index in [0.717, 1.165) is 11.3 Å². The van der Waals surface area contributed by atoms with Gasteiger partial charge in [0, 0.05) is 25.4 Å². The summed E-state index contributed by atoms with van der Waals surface area (Å²) in [5.74, 6) is 0.632. The van der Waals surface area contributed by atoms with E-state index in [1.165, 1.54) is 0 Å². The van der Waals surface area contributed by atoms with Gasteiger partial charge < -0.3 is 15.4 Å². The van der Waals surface area contributed by atoms with E-state index in [1.807, 2.05) is 37.5 Å². The molecule has 0 aliphatic carbocycles. The van der Waals surface area contributed by atoms with E-state index in [1.54, 1.807) is 18.0 Å². The first kappa shape index (κ1) is 13.9. The van der Waals surface area contributed by atoms with Crippen molar-refractivity contribution in [3.05, 3.63) is 42.2 Å². The molecule has 1 aromatic carbocycles. The second-order valence-electron chi connectivity index (χ2n) is 4.35. The number of amides is 1. The van der Waals surface area contributed by atoms with Crippen molar-refractivity contribution in [3.63, 3.8) is 0 Å². The maximum atomic E-state index is 11.8. The Hall–Kier alpha value is -2.50. The standard InChI is InChI=1S/C14H18N4O2/c1-18-10-11(8-17-18)7-16-14(19)9-15-12-5-3-4-6-13(12)20-2/h3-6,8,10,15H,7,9H2,1-2H3,(H,16,19). The van der Waals surface area contributed by atoms with Gasteiger partial charge >= 0.3 is 0 Å². The lowest BCUT2D eigenvalue weighted by atomic mass is 10.3. The highest BCUT2D eigenvalue weighted by Gasteiger charge is 2.05. The summed E-state index contributed by atoms with van der Waals surface area (Å²) in [4.78, 5) is 11.8. The second-order valence-corrected chi connectivity index (χ2v) is 4.35. The van der Waals surface area contributed by atoms with Gasteiger partial charge in [-0.05, 0) is 12.1 Å². The van der Waals surface area contributed by atoms with Crippen molar-refractivity contribution in [2.45, 2.75) is 6.54 Å². The number of benzene rings is 1. The molecule has 20 heavy (non-hydrogen) atoms. The monoisotopic (exact) mass is 274 g/mol. The van der Waals surface area contributed by atoms with E-state index < -0.39 is 0 Å². The minimum atomic E-state index is -0.0836. The molecule has 0 fully saturated rings. The number of anilines is 1. The van der Waals surface area contributed by atoms with Gasteiger partial charge in [0.25, 0.3) is 0 Å². The van der Waals surface area contributed by atoms with Crippen LogP contribution >= 0.6 is 0 Å². The zero-order valence-corrected chi connectivity index (χ0v) is 11.6. The Morgan fingerprint density at radius 3 is 2.90 bits per heavy atom. The zero-order valence-electron chi connectivity index (χ0n) is 11.6. The average Bonchev–Trinajstić information content (AvgIpc) is 2.89. The Bertz CT molecular complexity index is 580. The molecule has 6 heteroatoms. The number of rotatable bonds is 6. The summed E-state index contributed by atoms with van der Waals surface area (Å²) in [5.41, 5.74) is 1.77. The van der Waals surface area contributed by atoms with Crippen molar-refractivity contribution in [2.24, 2.45) is 7.05 Å². The minimum Gasteiger partial charge on any atom is -0.495 e. The first-order chi connectivity index (χ1) is 9.69. The van der Waals surface area contributed by atoms with Gasteiger partial charge in [0.2, 0.25) is 5.91 Å². The summed E-state index contributed by atoms with van der Waals surface area (Å²) in [6.45, 7) is 0.668. The van der Waals surface area contributed by atoms with Crippen LogP contribution in [-0.2, 0) is 18.4 Å². The normalized spacial score (nSPS) is 10.1. The van der Waals surface area contributed by atoms with Crippen LogP contribution in [0, 0.1) is 0 Å². The first-order valence-corrected chi connectivity index (χ1v) is 6.30. The lowest BCUT2D eigenvalue weighted by molar-refractivity contribution is -0.119. The van der Waals surface area contributed by atoms with Gasteiger partial charge in [-0.3, -0.25) is 9.48 Å². The van der Waals surface area contributed by atoms with Crippen molar-refractivity contribution in [1.82, 2.24) is 15.1 Å². The molecule has 2 aromatic rings. The summed E-state index contributed by atoms with van der Waals surface area (Å²) >= 11 is 0. The molecule has 0 bridgehead atoms. The fraction of sp³-hybridized carbons (Fsp3) is 0.286. The molecule has 2 rings (SSSR count). The van der Waals surface area contributed by atoms with Crippen molar-refractivity contribution in [3.8, 4) is 5.75 Å². The minimum absolute atomic E-state index is 0.0836. The summed E-state index contributed by atoms with van der Waals surface area (Å²) in [7, 11) is 3.44. The molecule has 6 nitrogen and oxygen atoms in total. The van der Waals surface area contributed by atoms with Gasteiger partial charge in [0.1, 0.15) is 5.75 Å². The van der Waals surface area contributed by atoms with Crippen LogP contribution < -0.4 is 15.4 Å². The number of aromatic nitrogens is 2. The number of aryl methyl sites for hydroxylation is 1. The summed E-state index contributed by atoms with van der Waals surface area (Å²) in [6, 6.07) is 7.48. The number of nitrogens with one attached hydrogen (secondary N) is 2. The van der Waals surface area contributed by atoms with Crippen LogP contribution in [-0.4, -0.2) is 29.3 Å². The fourth-order valence-electron chi connectivity index (χ4n) is 1.79. The third-order valence-electron chi connectivity index (χ3n) is 2.79. The Labute approximate surface area is 117 Å². The van der Waals surface area contributed by atoms with E-state index in [0.29, 0.717) is 12.3 Å². The summed E-state index contributed by atoms with van der Waals surface area (Å²) < 4.78 is 6.91. The Balaban J connectivity index is 1.80.